The van der Waals surface area contributed by atoms with Crippen molar-refractivity contribution in [2.45, 2.75) is 13.3 Å². The van der Waals surface area contributed by atoms with Crippen molar-refractivity contribution < 1.29 is 9.59 Å². The van der Waals surface area contributed by atoms with Crippen LogP contribution < -0.4 is 10.3 Å². The number of thiol groups is 1. The highest BCUT2D eigenvalue weighted by Crippen LogP contribution is 2.12. The Balaban J connectivity index is 2.01. The Kier molecular flexibility index (Phi) is 5.69. The van der Waals surface area contributed by atoms with E-state index in [1.807, 2.05) is 30.3 Å². The van der Waals surface area contributed by atoms with Crippen LogP contribution >= 0.6 is 12.6 Å². The van der Waals surface area contributed by atoms with E-state index in [1.54, 1.807) is 0 Å². The third-order valence-electron chi connectivity index (χ3n) is 3.28. The second-order valence-corrected chi connectivity index (χ2v) is 5.35. The molecule has 1 aromatic carbocycles. The molecular weight excluding hydrogens is 316 g/mol. The standard InChI is InChI=1S/C14H18N6O2S/c1-10(21)19(2)20-17-14(16-18-20)15-13(22)12(9-23)8-11-6-4-3-5-7-11/h3-7,12,23H,8-9H2,1-2H3,(H,15,17,22)/t12-/m1/s1. The van der Waals surface area contributed by atoms with Gasteiger partial charge in [-0.1, -0.05) is 45.4 Å². The molecule has 2 aromatic rings. The third kappa shape index (κ3) is 4.52. The Morgan fingerprint density at radius 3 is 2.65 bits per heavy atom. The van der Waals surface area contributed by atoms with Crippen molar-refractivity contribution in [2.24, 2.45) is 5.92 Å². The van der Waals surface area contributed by atoms with Crippen LogP contribution in [-0.4, -0.2) is 44.9 Å². The molecule has 1 atom stereocenters. The lowest BCUT2D eigenvalue weighted by Gasteiger charge is -2.13. The monoisotopic (exact) mass is 334 g/mol. The number of hydrogen-bond acceptors (Lipinski definition) is 6. The Labute approximate surface area is 139 Å². The van der Waals surface area contributed by atoms with Crippen molar-refractivity contribution in [3.8, 4) is 0 Å². The summed E-state index contributed by atoms with van der Waals surface area (Å²) in [5.74, 6) is -0.380. The maximum absolute atomic E-state index is 12.3. The Morgan fingerprint density at radius 1 is 1.35 bits per heavy atom. The number of carbonyl (C=O) groups is 2. The molecule has 122 valence electrons. The molecule has 1 N–H and O–H groups in total. The van der Waals surface area contributed by atoms with Crippen LogP contribution in [0, 0.1) is 5.92 Å². The molecule has 0 aliphatic carbocycles. The molecule has 9 heteroatoms. The first-order valence-corrected chi connectivity index (χ1v) is 7.64. The maximum Gasteiger partial charge on any atom is 0.272 e. The molecule has 0 aliphatic heterocycles. The van der Waals surface area contributed by atoms with Gasteiger partial charge in [0.1, 0.15) is 0 Å². The first kappa shape index (κ1) is 16.9. The summed E-state index contributed by atoms with van der Waals surface area (Å²) in [6, 6.07) is 9.69. The van der Waals surface area contributed by atoms with E-state index in [9.17, 15) is 9.59 Å². The van der Waals surface area contributed by atoms with E-state index in [0.717, 1.165) is 10.5 Å². The van der Waals surface area contributed by atoms with E-state index in [1.165, 1.54) is 19.0 Å². The lowest BCUT2D eigenvalue weighted by atomic mass is 10.0. The molecule has 2 rings (SSSR count). The van der Waals surface area contributed by atoms with Crippen molar-refractivity contribution >= 4 is 30.4 Å². The first-order valence-electron chi connectivity index (χ1n) is 7.01. The Morgan fingerprint density at radius 2 is 2.04 bits per heavy atom. The number of hydrogen-bond donors (Lipinski definition) is 2. The molecule has 0 saturated carbocycles. The molecule has 1 aromatic heterocycles. The van der Waals surface area contributed by atoms with E-state index >= 15 is 0 Å². The van der Waals surface area contributed by atoms with Gasteiger partial charge in [0.25, 0.3) is 5.95 Å². The van der Waals surface area contributed by atoms with Gasteiger partial charge in [-0.15, -0.1) is 0 Å². The van der Waals surface area contributed by atoms with Crippen molar-refractivity contribution in [2.75, 3.05) is 23.1 Å². The second kappa shape index (κ2) is 7.73. The normalized spacial score (nSPS) is 11.8. The summed E-state index contributed by atoms with van der Waals surface area (Å²) in [6.45, 7) is 1.37. The number of aromatic nitrogens is 4. The molecule has 0 fully saturated rings. The number of nitrogens with zero attached hydrogens (tertiary/aromatic N) is 5. The third-order valence-corrected chi connectivity index (χ3v) is 3.72. The summed E-state index contributed by atoms with van der Waals surface area (Å²) < 4.78 is 0. The number of carbonyl (C=O) groups excluding carboxylic acids is 2. The van der Waals surface area contributed by atoms with Crippen LogP contribution in [0.25, 0.3) is 0 Å². The first-order chi connectivity index (χ1) is 11.0. The molecule has 8 nitrogen and oxygen atoms in total. The molecule has 0 spiro atoms. The summed E-state index contributed by atoms with van der Waals surface area (Å²) in [6.07, 6.45) is 0.567. The van der Waals surface area contributed by atoms with Gasteiger partial charge in [0.15, 0.2) is 0 Å². The molecule has 1 heterocycles. The number of anilines is 1. The molecule has 0 aliphatic rings. The topological polar surface area (TPSA) is 93.0 Å². The Hall–Kier alpha value is -2.42. The van der Waals surface area contributed by atoms with Crippen molar-refractivity contribution in [3.05, 3.63) is 35.9 Å². The van der Waals surface area contributed by atoms with E-state index in [-0.39, 0.29) is 23.7 Å². The summed E-state index contributed by atoms with van der Waals surface area (Å²) in [7, 11) is 1.50. The van der Waals surface area contributed by atoms with Gasteiger partial charge in [-0.2, -0.15) is 12.6 Å². The molecule has 0 radical (unpaired) electrons. The maximum atomic E-state index is 12.3. The molecule has 0 unspecified atom stereocenters. The van der Waals surface area contributed by atoms with Crippen LogP contribution in [0.2, 0.25) is 0 Å². The minimum absolute atomic E-state index is 0.0444. The minimum atomic E-state index is -0.321. The predicted octanol–water partition coefficient (Wildman–Crippen LogP) is 0.515. The minimum Gasteiger partial charge on any atom is -0.292 e. The van der Waals surface area contributed by atoms with Gasteiger partial charge in [0, 0.05) is 19.7 Å². The van der Waals surface area contributed by atoms with Gasteiger partial charge in [-0.05, 0) is 17.2 Å². The molecular formula is C14H18N6O2S. The second-order valence-electron chi connectivity index (χ2n) is 4.98. The average molecular weight is 334 g/mol. The average Bonchev–Trinajstić information content (AvgIpc) is 3.00. The zero-order valence-electron chi connectivity index (χ0n) is 12.9. The van der Waals surface area contributed by atoms with Gasteiger partial charge >= 0.3 is 0 Å². The SMILES string of the molecule is CC(=O)N(C)n1nnc(NC(=O)[C@@H](CS)Cc2ccccc2)n1. The number of amides is 2. The largest absolute Gasteiger partial charge is 0.292 e. The van der Waals surface area contributed by atoms with Crippen molar-refractivity contribution in [3.63, 3.8) is 0 Å². The summed E-state index contributed by atoms with van der Waals surface area (Å²) >= 11 is 4.24. The van der Waals surface area contributed by atoms with Gasteiger partial charge < -0.3 is 0 Å². The lowest BCUT2D eigenvalue weighted by molar-refractivity contribution is -0.119. The quantitative estimate of drug-likeness (QED) is 0.751. The van der Waals surface area contributed by atoms with Gasteiger partial charge in [0.2, 0.25) is 11.8 Å². The molecule has 23 heavy (non-hydrogen) atoms. The highest BCUT2D eigenvalue weighted by molar-refractivity contribution is 7.80. The predicted molar refractivity (Wildman–Crippen MR) is 88.8 cm³/mol. The number of nitrogens with one attached hydrogen (secondary N) is 1. The fourth-order valence-corrected chi connectivity index (χ4v) is 2.16. The van der Waals surface area contributed by atoms with Crippen molar-refractivity contribution in [1.82, 2.24) is 20.3 Å². The van der Waals surface area contributed by atoms with Gasteiger partial charge in [-0.25, -0.2) is 5.01 Å². The number of benzene rings is 1. The highest BCUT2D eigenvalue weighted by Gasteiger charge is 2.20. The summed E-state index contributed by atoms with van der Waals surface area (Å²) in [5, 5.41) is 15.1. The van der Waals surface area contributed by atoms with E-state index in [2.05, 4.69) is 33.4 Å². The van der Waals surface area contributed by atoms with Gasteiger partial charge in [-0.3, -0.25) is 14.9 Å². The molecule has 0 bridgehead atoms. The number of tetrazole rings is 1. The molecule has 0 saturated heterocycles. The fourth-order valence-electron chi connectivity index (χ4n) is 1.86. The van der Waals surface area contributed by atoms with Crippen LogP contribution in [0.15, 0.2) is 30.3 Å². The zero-order valence-corrected chi connectivity index (χ0v) is 13.8. The summed E-state index contributed by atoms with van der Waals surface area (Å²) in [4.78, 5) is 24.6. The van der Waals surface area contributed by atoms with Crippen LogP contribution in [0.1, 0.15) is 12.5 Å². The van der Waals surface area contributed by atoms with Crippen LogP contribution in [0.3, 0.4) is 0 Å². The van der Waals surface area contributed by atoms with E-state index < -0.39 is 0 Å². The highest BCUT2D eigenvalue weighted by atomic mass is 32.1. The fraction of sp³-hybridized carbons (Fsp3) is 0.357. The summed E-state index contributed by atoms with van der Waals surface area (Å²) in [5.41, 5.74) is 1.05. The van der Waals surface area contributed by atoms with E-state index in [0.29, 0.717) is 12.2 Å². The van der Waals surface area contributed by atoms with Crippen LogP contribution in [0.4, 0.5) is 5.95 Å². The lowest BCUT2D eigenvalue weighted by Crippen LogP contribution is -2.36. The van der Waals surface area contributed by atoms with Crippen LogP contribution in [-0.2, 0) is 16.0 Å². The van der Waals surface area contributed by atoms with Gasteiger partial charge in [0.05, 0.1) is 5.92 Å². The van der Waals surface area contributed by atoms with Crippen LogP contribution in [0.5, 0.6) is 0 Å². The number of rotatable bonds is 6. The van der Waals surface area contributed by atoms with Crippen molar-refractivity contribution in [1.29, 1.82) is 0 Å². The molecule has 2 amide bonds. The zero-order chi connectivity index (χ0) is 16.8. The smallest absolute Gasteiger partial charge is 0.272 e. The van der Waals surface area contributed by atoms with E-state index in [4.69, 9.17) is 0 Å². The Bertz CT molecular complexity index is 675.